The maximum absolute atomic E-state index is 3.50. The van der Waals surface area contributed by atoms with Crippen LogP contribution in [0.4, 0.5) is 0 Å². The molecule has 0 rings (SSSR count). The first-order valence-electron chi connectivity index (χ1n) is 3.00. The summed E-state index contributed by atoms with van der Waals surface area (Å²) in [5, 5.41) is 0. The van der Waals surface area contributed by atoms with Gasteiger partial charge in [-0.15, -0.1) is 5.73 Å². The highest BCUT2D eigenvalue weighted by Crippen LogP contribution is 2.05. The summed E-state index contributed by atoms with van der Waals surface area (Å²) in [4.78, 5) is 0. The van der Waals surface area contributed by atoms with E-state index in [0.717, 1.165) is 6.42 Å². The highest BCUT2D eigenvalue weighted by Gasteiger charge is 1.94. The van der Waals surface area contributed by atoms with E-state index in [1.165, 1.54) is 0 Å². The molecule has 0 aliphatic rings. The fourth-order valence-corrected chi connectivity index (χ4v) is 0.601. The predicted octanol–water partition coefficient (Wildman–Crippen LogP) is 2.58. The average Bonchev–Trinajstić information content (AvgIpc) is 1.83. The molecule has 0 aliphatic carbocycles. The smallest absolute Gasteiger partial charge is 0.0132 e. The molecule has 1 unspecified atom stereocenters. The second-order valence-electron chi connectivity index (χ2n) is 1.78. The molecule has 0 aromatic carbocycles. The van der Waals surface area contributed by atoms with Gasteiger partial charge in [0, 0.05) is 0 Å². The lowest BCUT2D eigenvalue weighted by molar-refractivity contribution is 0.721. The van der Waals surface area contributed by atoms with E-state index in [9.17, 15) is 0 Å². The van der Waals surface area contributed by atoms with Crippen molar-refractivity contribution in [1.82, 2.24) is 0 Å². The fraction of sp³-hybridized carbons (Fsp3) is 0.500. The van der Waals surface area contributed by atoms with Crippen LogP contribution in [0, 0.1) is 12.3 Å². The molecule has 0 amide bonds. The van der Waals surface area contributed by atoms with Crippen molar-refractivity contribution >= 4 is 0 Å². The third-order valence-electron chi connectivity index (χ3n) is 1.23. The van der Waals surface area contributed by atoms with E-state index in [1.807, 2.05) is 6.08 Å². The Kier molecular flexibility index (Phi) is 4.39. The van der Waals surface area contributed by atoms with E-state index < -0.39 is 0 Å². The zero-order valence-corrected chi connectivity index (χ0v) is 5.65. The molecule has 0 heterocycles. The first kappa shape index (κ1) is 7.52. The van der Waals surface area contributed by atoms with Crippen molar-refractivity contribution in [1.29, 1.82) is 0 Å². The second-order valence-corrected chi connectivity index (χ2v) is 1.78. The van der Waals surface area contributed by atoms with Crippen LogP contribution in [0.5, 0.6) is 0 Å². The van der Waals surface area contributed by atoms with Crippen LogP contribution in [0.1, 0.15) is 20.3 Å². The van der Waals surface area contributed by atoms with Crippen molar-refractivity contribution < 1.29 is 0 Å². The van der Waals surface area contributed by atoms with Crippen molar-refractivity contribution in [2.24, 2.45) is 5.92 Å². The van der Waals surface area contributed by atoms with Crippen LogP contribution in [-0.2, 0) is 0 Å². The Morgan fingerprint density at radius 2 is 2.38 bits per heavy atom. The van der Waals surface area contributed by atoms with Crippen LogP contribution < -0.4 is 0 Å². The molecule has 0 fully saturated rings. The van der Waals surface area contributed by atoms with E-state index in [4.69, 9.17) is 0 Å². The number of hydrogen-bond donors (Lipinski definition) is 0. The van der Waals surface area contributed by atoms with Gasteiger partial charge >= 0.3 is 0 Å². The SMILES string of the molecule is C=C=CC([CH]C)CC. The van der Waals surface area contributed by atoms with Gasteiger partial charge < -0.3 is 0 Å². The molecule has 1 atom stereocenters. The van der Waals surface area contributed by atoms with E-state index >= 15 is 0 Å². The largest absolute Gasteiger partial charge is 0.133 e. The first-order chi connectivity index (χ1) is 3.85. The zero-order valence-electron chi connectivity index (χ0n) is 5.65. The topological polar surface area (TPSA) is 0 Å². The summed E-state index contributed by atoms with van der Waals surface area (Å²) in [6.07, 6.45) is 5.29. The maximum Gasteiger partial charge on any atom is -0.0132 e. The Hall–Kier alpha value is -0.480. The zero-order chi connectivity index (χ0) is 6.41. The van der Waals surface area contributed by atoms with Crippen LogP contribution >= 0.6 is 0 Å². The van der Waals surface area contributed by atoms with Gasteiger partial charge in [-0.3, -0.25) is 0 Å². The molecule has 0 bridgehead atoms. The van der Waals surface area contributed by atoms with Gasteiger partial charge in [0.2, 0.25) is 0 Å². The molecule has 0 N–H and O–H groups in total. The monoisotopic (exact) mass is 109 g/mol. The van der Waals surface area contributed by atoms with Crippen LogP contribution in [-0.4, -0.2) is 0 Å². The lowest BCUT2D eigenvalue weighted by Crippen LogP contribution is -1.89. The molecule has 8 heavy (non-hydrogen) atoms. The van der Waals surface area contributed by atoms with E-state index in [1.54, 1.807) is 0 Å². The third kappa shape index (κ3) is 2.65. The average molecular weight is 109 g/mol. The summed E-state index contributed by atoms with van der Waals surface area (Å²) in [6.45, 7) is 7.70. The van der Waals surface area contributed by atoms with Crippen LogP contribution in [0.2, 0.25) is 0 Å². The van der Waals surface area contributed by atoms with Crippen molar-refractivity contribution in [3.05, 3.63) is 24.8 Å². The molecule has 0 heteroatoms. The minimum absolute atomic E-state index is 0.576. The number of hydrogen-bond acceptors (Lipinski definition) is 0. The Balaban J connectivity index is 3.52. The standard InChI is InChI=1S/C8H13/c1-4-7-8(5-2)6-3/h5,7-8H,1,6H2,2-3H3. The summed E-state index contributed by atoms with van der Waals surface area (Å²) in [6, 6.07) is 0. The second kappa shape index (κ2) is 4.67. The number of rotatable bonds is 3. The summed E-state index contributed by atoms with van der Waals surface area (Å²) < 4.78 is 0. The molecule has 1 radical (unpaired) electrons. The van der Waals surface area contributed by atoms with Crippen molar-refractivity contribution in [3.63, 3.8) is 0 Å². The van der Waals surface area contributed by atoms with Gasteiger partial charge in [0.1, 0.15) is 0 Å². The summed E-state index contributed by atoms with van der Waals surface area (Å²) in [7, 11) is 0. The Morgan fingerprint density at radius 1 is 1.75 bits per heavy atom. The molecule has 0 aromatic heterocycles. The highest BCUT2D eigenvalue weighted by molar-refractivity contribution is 4.89. The highest BCUT2D eigenvalue weighted by atomic mass is 14.0. The molecule has 45 valence electrons. The van der Waals surface area contributed by atoms with Gasteiger partial charge in [0.15, 0.2) is 0 Å². The summed E-state index contributed by atoms with van der Waals surface area (Å²) in [5.74, 6) is 0.576. The predicted molar refractivity (Wildman–Crippen MR) is 37.5 cm³/mol. The van der Waals surface area contributed by atoms with Crippen LogP contribution in [0.15, 0.2) is 18.4 Å². The van der Waals surface area contributed by atoms with Gasteiger partial charge in [-0.25, -0.2) is 0 Å². The number of allylic oxidation sites excluding steroid dienone is 1. The maximum atomic E-state index is 3.50. The van der Waals surface area contributed by atoms with Crippen molar-refractivity contribution in [3.8, 4) is 0 Å². The molecular formula is C8H13. The lowest BCUT2D eigenvalue weighted by atomic mass is 10.0. The molecule has 0 aliphatic heterocycles. The molecule has 0 spiro atoms. The Morgan fingerprint density at radius 3 is 2.50 bits per heavy atom. The quantitative estimate of drug-likeness (QED) is 0.489. The molecule has 0 nitrogen and oxygen atoms in total. The van der Waals surface area contributed by atoms with Gasteiger partial charge in [0.25, 0.3) is 0 Å². The van der Waals surface area contributed by atoms with Gasteiger partial charge in [-0.1, -0.05) is 20.4 Å². The molecule has 0 saturated heterocycles. The van der Waals surface area contributed by atoms with Crippen molar-refractivity contribution in [2.45, 2.75) is 20.3 Å². The molecule has 0 saturated carbocycles. The van der Waals surface area contributed by atoms with E-state index in [-0.39, 0.29) is 0 Å². The van der Waals surface area contributed by atoms with Gasteiger partial charge in [-0.2, -0.15) is 0 Å². The van der Waals surface area contributed by atoms with E-state index in [2.05, 4.69) is 32.6 Å². The minimum atomic E-state index is 0.576. The normalized spacial score (nSPS) is 8.88. The molecule has 0 aromatic rings. The Labute approximate surface area is 51.9 Å². The van der Waals surface area contributed by atoms with E-state index in [0.29, 0.717) is 5.92 Å². The fourth-order valence-electron chi connectivity index (χ4n) is 0.601. The minimum Gasteiger partial charge on any atom is -0.133 e. The van der Waals surface area contributed by atoms with Gasteiger partial charge in [-0.05, 0) is 24.8 Å². The lowest BCUT2D eigenvalue weighted by Gasteiger charge is -2.00. The Bertz CT molecular complexity index is 82.2. The summed E-state index contributed by atoms with van der Waals surface area (Å²) in [5.41, 5.74) is 2.76. The van der Waals surface area contributed by atoms with Crippen LogP contribution in [0.25, 0.3) is 0 Å². The van der Waals surface area contributed by atoms with Crippen LogP contribution in [0.3, 0.4) is 0 Å². The van der Waals surface area contributed by atoms with Gasteiger partial charge in [0.05, 0.1) is 0 Å². The first-order valence-corrected chi connectivity index (χ1v) is 3.00. The van der Waals surface area contributed by atoms with Crippen molar-refractivity contribution in [2.75, 3.05) is 0 Å². The summed E-state index contributed by atoms with van der Waals surface area (Å²) >= 11 is 0. The molecular weight excluding hydrogens is 96.1 g/mol. The third-order valence-corrected chi connectivity index (χ3v) is 1.23.